The van der Waals surface area contributed by atoms with Crippen molar-refractivity contribution in [3.8, 4) is 0 Å². The third-order valence-electron chi connectivity index (χ3n) is 4.92. The summed E-state index contributed by atoms with van der Waals surface area (Å²) in [6, 6.07) is 19.7. The number of pyridine rings is 1. The number of anilines is 3. The van der Waals surface area contributed by atoms with Crippen molar-refractivity contribution < 1.29 is 9.90 Å². The van der Waals surface area contributed by atoms with Crippen LogP contribution in [0.25, 0.3) is 0 Å². The Morgan fingerprint density at radius 3 is 2.59 bits per heavy atom. The van der Waals surface area contributed by atoms with Crippen LogP contribution in [0, 0.1) is 6.92 Å². The van der Waals surface area contributed by atoms with Crippen molar-refractivity contribution in [2.45, 2.75) is 19.8 Å². The van der Waals surface area contributed by atoms with Gasteiger partial charge >= 0.3 is 0 Å². The minimum Gasteiger partial charge on any atom is -0.395 e. The summed E-state index contributed by atoms with van der Waals surface area (Å²) in [5.74, 6) is 0.419. The molecule has 34 heavy (non-hydrogen) atoms. The number of aliphatic hydroxyl groups excluding tert-OH is 1. The lowest BCUT2D eigenvalue weighted by Gasteiger charge is -2.21. The number of halogens is 1. The molecule has 0 saturated heterocycles. The second-order valence-electron chi connectivity index (χ2n) is 7.32. The van der Waals surface area contributed by atoms with Crippen LogP contribution in [-0.4, -0.2) is 36.0 Å². The maximum atomic E-state index is 9.91. The fraction of sp³-hybridized carbons (Fsp3) is 0.192. The molecule has 1 aromatic heterocycles. The minimum absolute atomic E-state index is 0.0626. The number of rotatable bonds is 9. The van der Waals surface area contributed by atoms with Crippen molar-refractivity contribution >= 4 is 41.5 Å². The van der Waals surface area contributed by atoms with Crippen LogP contribution in [0.1, 0.15) is 24.0 Å². The SMILES string of the molecule is C=C(N=CN(CC)c1cc(Nc2ccccc2)ncc1Cl)C(CO)c1cccc(C)c1.NC=O. The van der Waals surface area contributed by atoms with Gasteiger partial charge in [0.25, 0.3) is 0 Å². The highest BCUT2D eigenvalue weighted by atomic mass is 35.5. The van der Waals surface area contributed by atoms with E-state index >= 15 is 0 Å². The van der Waals surface area contributed by atoms with E-state index in [9.17, 15) is 5.11 Å². The molecule has 0 aliphatic carbocycles. The van der Waals surface area contributed by atoms with Crippen LogP contribution in [0.15, 0.2) is 84.1 Å². The topological polar surface area (TPSA) is 104 Å². The average Bonchev–Trinajstić information content (AvgIpc) is 2.83. The van der Waals surface area contributed by atoms with E-state index in [0.29, 0.717) is 23.1 Å². The van der Waals surface area contributed by atoms with E-state index in [2.05, 4.69) is 27.6 Å². The number of aliphatic imine (C=N–C) groups is 1. The molecule has 0 bridgehead atoms. The van der Waals surface area contributed by atoms with Crippen LogP contribution in [0.4, 0.5) is 17.2 Å². The van der Waals surface area contributed by atoms with Crippen molar-refractivity contribution in [1.82, 2.24) is 4.98 Å². The van der Waals surface area contributed by atoms with Gasteiger partial charge in [0, 0.05) is 29.9 Å². The molecule has 178 valence electrons. The first-order valence-electron chi connectivity index (χ1n) is 10.7. The highest BCUT2D eigenvalue weighted by Gasteiger charge is 2.15. The van der Waals surface area contributed by atoms with Gasteiger partial charge in [-0.2, -0.15) is 0 Å². The predicted octanol–water partition coefficient (Wildman–Crippen LogP) is 5.03. The number of nitrogens with one attached hydrogen (secondary N) is 1. The molecule has 3 aromatic rings. The van der Waals surface area contributed by atoms with E-state index in [0.717, 1.165) is 22.5 Å². The lowest BCUT2D eigenvalue weighted by atomic mass is 9.96. The summed E-state index contributed by atoms with van der Waals surface area (Å²) in [5.41, 5.74) is 8.59. The number of nitrogens with zero attached hydrogens (tertiary/aromatic N) is 3. The Morgan fingerprint density at radius 1 is 1.26 bits per heavy atom. The van der Waals surface area contributed by atoms with Gasteiger partial charge in [-0.05, 0) is 31.5 Å². The Balaban J connectivity index is 0.00000129. The maximum Gasteiger partial charge on any atom is 0.204 e. The number of aryl methyl sites for hydroxylation is 1. The number of nitrogens with two attached hydrogens (primary N) is 1. The highest BCUT2D eigenvalue weighted by molar-refractivity contribution is 6.33. The number of amides is 1. The lowest BCUT2D eigenvalue weighted by Crippen LogP contribution is -2.21. The molecule has 4 N–H and O–H groups in total. The summed E-state index contributed by atoms with van der Waals surface area (Å²) < 4.78 is 0. The monoisotopic (exact) mass is 479 g/mol. The first kappa shape index (κ1) is 26.6. The van der Waals surface area contributed by atoms with Gasteiger partial charge in [0.05, 0.1) is 29.9 Å². The molecular weight excluding hydrogens is 450 g/mol. The van der Waals surface area contributed by atoms with E-state index in [1.54, 1.807) is 12.5 Å². The summed E-state index contributed by atoms with van der Waals surface area (Å²) in [6.45, 7) is 8.71. The van der Waals surface area contributed by atoms with Crippen molar-refractivity contribution in [3.05, 3.63) is 95.3 Å². The Bertz CT molecular complexity index is 1110. The van der Waals surface area contributed by atoms with Gasteiger partial charge in [-0.25, -0.2) is 9.98 Å². The second kappa shape index (κ2) is 13.8. The number of carbonyl (C=O) groups is 1. The second-order valence-corrected chi connectivity index (χ2v) is 7.73. The Hall–Kier alpha value is -3.68. The minimum atomic E-state index is -0.266. The molecule has 1 heterocycles. The number of aromatic nitrogens is 1. The maximum absolute atomic E-state index is 9.91. The van der Waals surface area contributed by atoms with Gasteiger partial charge < -0.3 is 21.1 Å². The molecule has 0 fully saturated rings. The summed E-state index contributed by atoms with van der Waals surface area (Å²) in [5, 5.41) is 13.7. The quantitative estimate of drug-likeness (QED) is 0.227. The molecule has 0 spiro atoms. The van der Waals surface area contributed by atoms with E-state index in [1.165, 1.54) is 0 Å². The van der Waals surface area contributed by atoms with Crippen LogP contribution < -0.4 is 16.0 Å². The third kappa shape index (κ3) is 7.72. The van der Waals surface area contributed by atoms with Gasteiger partial charge in [0.15, 0.2) is 0 Å². The largest absolute Gasteiger partial charge is 0.395 e. The zero-order valence-electron chi connectivity index (χ0n) is 19.4. The smallest absolute Gasteiger partial charge is 0.204 e. The van der Waals surface area contributed by atoms with Gasteiger partial charge in [-0.15, -0.1) is 0 Å². The fourth-order valence-corrected chi connectivity index (χ4v) is 3.44. The normalized spacial score (nSPS) is 11.3. The van der Waals surface area contributed by atoms with Crippen molar-refractivity contribution in [1.29, 1.82) is 0 Å². The van der Waals surface area contributed by atoms with Crippen LogP contribution >= 0.6 is 11.6 Å². The highest BCUT2D eigenvalue weighted by Crippen LogP contribution is 2.29. The molecule has 2 aromatic carbocycles. The first-order chi connectivity index (χ1) is 16.4. The Morgan fingerprint density at radius 2 is 1.97 bits per heavy atom. The summed E-state index contributed by atoms with van der Waals surface area (Å²) >= 11 is 6.44. The Kier molecular flexibility index (Phi) is 10.8. The molecule has 1 amide bonds. The van der Waals surface area contributed by atoms with Crippen molar-refractivity contribution in [2.24, 2.45) is 10.7 Å². The van der Waals surface area contributed by atoms with Crippen LogP contribution in [0.2, 0.25) is 5.02 Å². The summed E-state index contributed by atoms with van der Waals surface area (Å²) in [4.78, 5) is 19.4. The van der Waals surface area contributed by atoms with Crippen molar-refractivity contribution in [2.75, 3.05) is 23.4 Å². The van der Waals surface area contributed by atoms with Crippen LogP contribution in [-0.2, 0) is 4.79 Å². The molecule has 7 nitrogen and oxygen atoms in total. The molecule has 0 radical (unpaired) electrons. The Labute approximate surface area is 205 Å². The number of aliphatic hydroxyl groups is 1. The molecule has 0 saturated carbocycles. The lowest BCUT2D eigenvalue weighted by molar-refractivity contribution is -0.106. The number of benzene rings is 2. The summed E-state index contributed by atoms with van der Waals surface area (Å²) in [6.07, 6.45) is 3.57. The van der Waals surface area contributed by atoms with Crippen LogP contribution in [0.3, 0.4) is 0 Å². The fourth-order valence-electron chi connectivity index (χ4n) is 3.22. The molecule has 8 heteroatoms. The number of primary amides is 1. The van der Waals surface area contributed by atoms with Crippen molar-refractivity contribution in [3.63, 3.8) is 0 Å². The molecule has 1 atom stereocenters. The number of para-hydroxylation sites is 1. The van der Waals surface area contributed by atoms with Gasteiger partial charge in [0.1, 0.15) is 5.82 Å². The molecular formula is C26H30ClN5O2. The average molecular weight is 480 g/mol. The first-order valence-corrected chi connectivity index (χ1v) is 11.1. The van der Waals surface area contributed by atoms with Crippen LogP contribution in [0.5, 0.6) is 0 Å². The van der Waals surface area contributed by atoms with E-state index in [-0.39, 0.29) is 18.9 Å². The molecule has 0 aliphatic heterocycles. The standard InChI is InChI=1S/C25H27ClN4O.CH3NO/c1-4-30(17-28-19(3)22(16-31)20-10-8-9-18(2)13-20)24-14-25(27-15-23(24)26)29-21-11-6-5-7-12-21;2-1-3/h5-15,17,22,31H,3-4,16H2,1-2H3,(H,27,29);1H,(H2,2,3). The van der Waals surface area contributed by atoms with Gasteiger partial charge in [-0.1, -0.05) is 66.2 Å². The van der Waals surface area contributed by atoms with Gasteiger partial charge in [0.2, 0.25) is 6.41 Å². The number of carbonyl (C=O) groups excluding carboxylic acids is 1. The zero-order chi connectivity index (χ0) is 24.9. The molecule has 3 rings (SSSR count). The zero-order valence-corrected chi connectivity index (χ0v) is 20.1. The number of hydrogen-bond donors (Lipinski definition) is 3. The third-order valence-corrected chi connectivity index (χ3v) is 5.21. The summed E-state index contributed by atoms with van der Waals surface area (Å²) in [7, 11) is 0. The van der Waals surface area contributed by atoms with E-state index in [1.807, 2.05) is 79.4 Å². The number of hydrogen-bond acceptors (Lipinski definition) is 5. The predicted molar refractivity (Wildman–Crippen MR) is 141 cm³/mol. The molecule has 0 aliphatic rings. The molecule has 1 unspecified atom stereocenters. The van der Waals surface area contributed by atoms with E-state index < -0.39 is 0 Å². The van der Waals surface area contributed by atoms with E-state index in [4.69, 9.17) is 16.4 Å². The van der Waals surface area contributed by atoms with Gasteiger partial charge in [-0.3, -0.25) is 4.79 Å².